The van der Waals surface area contributed by atoms with Gasteiger partial charge in [0.2, 0.25) is 0 Å². The van der Waals surface area contributed by atoms with Gasteiger partial charge in [-0.2, -0.15) is 5.10 Å². The number of phenols is 1. The Balaban J connectivity index is 2.06. The number of hydrogen-bond acceptors (Lipinski definition) is 4. The smallest absolute Gasteiger partial charge is 0.275 e. The number of para-hydroxylation sites is 1. The summed E-state index contributed by atoms with van der Waals surface area (Å²) in [6.45, 7) is 4.33. The van der Waals surface area contributed by atoms with Crippen molar-refractivity contribution in [3.05, 3.63) is 59.7 Å². The van der Waals surface area contributed by atoms with Crippen molar-refractivity contribution in [2.45, 2.75) is 13.8 Å². The second-order valence-electron chi connectivity index (χ2n) is 4.61. The lowest BCUT2D eigenvalue weighted by atomic mass is 10.1. The Kier molecular flexibility index (Phi) is 5.14. The van der Waals surface area contributed by atoms with Crippen molar-refractivity contribution in [2.24, 2.45) is 5.10 Å². The lowest BCUT2D eigenvalue weighted by Crippen LogP contribution is -2.19. The number of nitrogens with one attached hydrogen (secondary N) is 1. The fraction of sp³-hybridized carbons (Fsp3) is 0.176. The monoisotopic (exact) mass is 298 g/mol. The molecule has 5 heteroatoms. The Morgan fingerprint density at radius 2 is 1.86 bits per heavy atom. The number of nitrogens with zero attached hydrogens (tertiary/aromatic N) is 1. The Morgan fingerprint density at radius 3 is 2.50 bits per heavy atom. The number of rotatable bonds is 5. The average Bonchev–Trinajstić information content (AvgIpc) is 2.54. The SMILES string of the molecule is CCOc1ccc(/C(C)=N\NC(=O)c2ccccc2O)cc1. The molecule has 0 saturated carbocycles. The summed E-state index contributed by atoms with van der Waals surface area (Å²) in [6.07, 6.45) is 0. The van der Waals surface area contributed by atoms with Crippen LogP contribution in [-0.2, 0) is 0 Å². The molecule has 0 aromatic heterocycles. The lowest BCUT2D eigenvalue weighted by Gasteiger charge is -2.06. The standard InChI is InChI=1S/C17H18N2O3/c1-3-22-14-10-8-13(9-11-14)12(2)18-19-17(21)15-6-4-5-7-16(15)20/h4-11,20H,3H2,1-2H3,(H,19,21)/b18-12-. The number of aromatic hydroxyl groups is 1. The second kappa shape index (κ2) is 7.26. The van der Waals surface area contributed by atoms with Crippen LogP contribution in [0.2, 0.25) is 0 Å². The van der Waals surface area contributed by atoms with Gasteiger partial charge in [0, 0.05) is 0 Å². The first-order chi connectivity index (χ1) is 10.6. The number of amides is 1. The van der Waals surface area contributed by atoms with E-state index in [-0.39, 0.29) is 11.3 Å². The van der Waals surface area contributed by atoms with E-state index >= 15 is 0 Å². The topological polar surface area (TPSA) is 70.9 Å². The Labute approximate surface area is 129 Å². The second-order valence-corrected chi connectivity index (χ2v) is 4.61. The van der Waals surface area contributed by atoms with Gasteiger partial charge >= 0.3 is 0 Å². The van der Waals surface area contributed by atoms with Gasteiger partial charge in [-0.05, 0) is 55.8 Å². The highest BCUT2D eigenvalue weighted by Gasteiger charge is 2.09. The van der Waals surface area contributed by atoms with Gasteiger partial charge in [0.25, 0.3) is 5.91 Å². The van der Waals surface area contributed by atoms with Gasteiger partial charge in [-0.25, -0.2) is 5.43 Å². The molecule has 0 atom stereocenters. The molecule has 0 bridgehead atoms. The largest absolute Gasteiger partial charge is 0.507 e. The third-order valence-electron chi connectivity index (χ3n) is 3.06. The van der Waals surface area contributed by atoms with Crippen LogP contribution in [0.5, 0.6) is 11.5 Å². The molecule has 1 amide bonds. The number of carbonyl (C=O) groups excluding carboxylic acids is 1. The van der Waals surface area contributed by atoms with E-state index in [1.54, 1.807) is 19.1 Å². The fourth-order valence-electron chi connectivity index (χ4n) is 1.88. The Bertz CT molecular complexity index is 679. The van der Waals surface area contributed by atoms with Crippen LogP contribution in [0.3, 0.4) is 0 Å². The van der Waals surface area contributed by atoms with Gasteiger partial charge in [0.15, 0.2) is 0 Å². The zero-order chi connectivity index (χ0) is 15.9. The third-order valence-corrected chi connectivity index (χ3v) is 3.06. The van der Waals surface area contributed by atoms with Crippen molar-refractivity contribution in [2.75, 3.05) is 6.61 Å². The van der Waals surface area contributed by atoms with Crippen LogP contribution < -0.4 is 10.2 Å². The van der Waals surface area contributed by atoms with E-state index in [0.717, 1.165) is 11.3 Å². The molecule has 2 rings (SSSR count). The molecule has 0 aliphatic heterocycles. The van der Waals surface area contributed by atoms with Crippen LogP contribution in [-0.4, -0.2) is 23.3 Å². The van der Waals surface area contributed by atoms with Crippen LogP contribution in [0, 0.1) is 0 Å². The van der Waals surface area contributed by atoms with Gasteiger partial charge < -0.3 is 9.84 Å². The molecule has 2 aromatic rings. The van der Waals surface area contributed by atoms with Gasteiger partial charge in [-0.1, -0.05) is 12.1 Å². The minimum Gasteiger partial charge on any atom is -0.507 e. The van der Waals surface area contributed by atoms with Crippen molar-refractivity contribution in [3.8, 4) is 11.5 Å². The predicted molar refractivity (Wildman–Crippen MR) is 85.4 cm³/mol. The summed E-state index contributed by atoms with van der Waals surface area (Å²) in [4.78, 5) is 11.9. The summed E-state index contributed by atoms with van der Waals surface area (Å²) in [5.41, 5.74) is 4.16. The normalized spacial score (nSPS) is 11.1. The zero-order valence-corrected chi connectivity index (χ0v) is 12.5. The number of carbonyl (C=O) groups is 1. The molecular formula is C17H18N2O3. The van der Waals surface area contributed by atoms with Crippen LogP contribution in [0.4, 0.5) is 0 Å². The summed E-state index contributed by atoms with van der Waals surface area (Å²) in [6, 6.07) is 13.8. The van der Waals surface area contributed by atoms with E-state index in [0.29, 0.717) is 12.3 Å². The van der Waals surface area contributed by atoms with Crippen molar-refractivity contribution >= 4 is 11.6 Å². The molecule has 22 heavy (non-hydrogen) atoms. The van der Waals surface area contributed by atoms with Crippen LogP contribution in [0.1, 0.15) is 29.8 Å². The van der Waals surface area contributed by atoms with Crippen molar-refractivity contribution in [1.82, 2.24) is 5.43 Å². The molecule has 0 unspecified atom stereocenters. The van der Waals surface area contributed by atoms with Gasteiger partial charge in [0.1, 0.15) is 11.5 Å². The molecule has 0 aliphatic carbocycles. The number of hydrogen-bond donors (Lipinski definition) is 2. The maximum absolute atomic E-state index is 11.9. The maximum Gasteiger partial charge on any atom is 0.275 e. The molecule has 0 aliphatic rings. The summed E-state index contributed by atoms with van der Waals surface area (Å²) >= 11 is 0. The summed E-state index contributed by atoms with van der Waals surface area (Å²) < 4.78 is 5.37. The molecule has 2 N–H and O–H groups in total. The Hall–Kier alpha value is -2.82. The van der Waals surface area contributed by atoms with Gasteiger partial charge in [-0.15, -0.1) is 0 Å². The van der Waals surface area contributed by atoms with Crippen molar-refractivity contribution in [1.29, 1.82) is 0 Å². The average molecular weight is 298 g/mol. The summed E-state index contributed by atoms with van der Waals surface area (Å²) in [5.74, 6) is 0.259. The molecule has 0 radical (unpaired) electrons. The Morgan fingerprint density at radius 1 is 1.18 bits per heavy atom. The number of hydrazone groups is 1. The first kappa shape index (κ1) is 15.6. The summed E-state index contributed by atoms with van der Waals surface area (Å²) in [5, 5.41) is 13.7. The molecule has 2 aromatic carbocycles. The molecule has 0 saturated heterocycles. The highest BCUT2D eigenvalue weighted by atomic mass is 16.5. The van der Waals surface area contributed by atoms with E-state index in [1.165, 1.54) is 12.1 Å². The minimum absolute atomic E-state index is 0.0751. The van der Waals surface area contributed by atoms with E-state index in [1.807, 2.05) is 31.2 Å². The van der Waals surface area contributed by atoms with Crippen molar-refractivity contribution in [3.63, 3.8) is 0 Å². The van der Waals surface area contributed by atoms with E-state index in [2.05, 4.69) is 10.5 Å². The molecule has 114 valence electrons. The zero-order valence-electron chi connectivity index (χ0n) is 12.5. The van der Waals surface area contributed by atoms with E-state index in [9.17, 15) is 9.90 Å². The van der Waals surface area contributed by atoms with E-state index in [4.69, 9.17) is 4.74 Å². The first-order valence-corrected chi connectivity index (χ1v) is 6.97. The predicted octanol–water partition coefficient (Wildman–Crippen LogP) is 2.94. The van der Waals surface area contributed by atoms with Crippen LogP contribution >= 0.6 is 0 Å². The van der Waals surface area contributed by atoms with Crippen LogP contribution in [0.25, 0.3) is 0 Å². The first-order valence-electron chi connectivity index (χ1n) is 6.97. The fourth-order valence-corrected chi connectivity index (χ4v) is 1.88. The number of ether oxygens (including phenoxy) is 1. The van der Waals surface area contributed by atoms with Crippen LogP contribution in [0.15, 0.2) is 53.6 Å². The quantitative estimate of drug-likeness (QED) is 0.658. The maximum atomic E-state index is 11.9. The molecule has 0 fully saturated rings. The number of benzene rings is 2. The lowest BCUT2D eigenvalue weighted by molar-refractivity contribution is 0.0952. The van der Waals surface area contributed by atoms with Gasteiger partial charge in [0.05, 0.1) is 17.9 Å². The van der Waals surface area contributed by atoms with Crippen molar-refractivity contribution < 1.29 is 14.6 Å². The molecule has 0 spiro atoms. The number of phenolic OH excluding ortho intramolecular Hbond substituents is 1. The molecule has 0 heterocycles. The summed E-state index contributed by atoms with van der Waals surface area (Å²) in [7, 11) is 0. The minimum atomic E-state index is -0.455. The third kappa shape index (κ3) is 3.85. The molecule has 5 nitrogen and oxygen atoms in total. The van der Waals surface area contributed by atoms with Gasteiger partial charge in [-0.3, -0.25) is 4.79 Å². The highest BCUT2D eigenvalue weighted by Crippen LogP contribution is 2.15. The van der Waals surface area contributed by atoms with E-state index < -0.39 is 5.91 Å². The molecular weight excluding hydrogens is 280 g/mol. The highest BCUT2D eigenvalue weighted by molar-refractivity contribution is 6.01.